The molecule has 1 heterocycles. The molecule has 3 aromatic carbocycles. The third kappa shape index (κ3) is 8.93. The quantitative estimate of drug-likeness (QED) is 0.267. The Morgan fingerprint density at radius 3 is 2.02 bits per heavy atom. The van der Waals surface area contributed by atoms with Gasteiger partial charge >= 0.3 is 5.97 Å². The summed E-state index contributed by atoms with van der Waals surface area (Å²) in [5.41, 5.74) is 1.01. The van der Waals surface area contributed by atoms with Gasteiger partial charge < -0.3 is 14.2 Å². The average Bonchev–Trinajstić information content (AvgIpc) is 2.95. The highest BCUT2D eigenvalue weighted by Crippen LogP contribution is 2.19. The summed E-state index contributed by atoms with van der Waals surface area (Å²) in [5.74, 6) is -0.0643. The fourth-order valence-corrected chi connectivity index (χ4v) is 4.69. The van der Waals surface area contributed by atoms with E-state index in [-0.39, 0.29) is 37.5 Å². The Balaban J connectivity index is 1.36. The molecule has 7 nitrogen and oxygen atoms in total. The molecule has 1 aliphatic heterocycles. The second-order valence-corrected chi connectivity index (χ2v) is 10.5. The number of Topliss-reactive ketones (excluding diaryl/α,β-unsaturated/α-hetero) is 1. The highest BCUT2D eigenvalue weighted by atomic mass is 35.5. The molecule has 4 rings (SSSR count). The van der Waals surface area contributed by atoms with Crippen molar-refractivity contribution in [1.29, 1.82) is 0 Å². The van der Waals surface area contributed by atoms with E-state index in [0.717, 1.165) is 5.56 Å². The maximum Gasteiger partial charge on any atom is 0.344 e. The molecule has 40 heavy (non-hydrogen) atoms. The summed E-state index contributed by atoms with van der Waals surface area (Å²) < 4.78 is 30.0. The highest BCUT2D eigenvalue weighted by Gasteiger charge is 2.33. The van der Waals surface area contributed by atoms with Crippen molar-refractivity contribution in [3.63, 3.8) is 0 Å². The molecule has 3 aromatic rings. The van der Waals surface area contributed by atoms with Gasteiger partial charge in [-0.15, -0.1) is 0 Å². The van der Waals surface area contributed by atoms with E-state index in [1.165, 1.54) is 12.1 Å². The van der Waals surface area contributed by atoms with Crippen molar-refractivity contribution in [2.24, 2.45) is 0 Å². The lowest BCUT2D eigenvalue weighted by Gasteiger charge is -2.42. The Kier molecular flexibility index (Phi) is 10.8. The molecular formula is C30H31Cl2FN2O5. The minimum absolute atomic E-state index is 0.107. The van der Waals surface area contributed by atoms with Crippen LogP contribution < -0.4 is 9.47 Å². The van der Waals surface area contributed by atoms with Crippen molar-refractivity contribution in [3.05, 3.63) is 94.2 Å². The van der Waals surface area contributed by atoms with Gasteiger partial charge in [0.2, 0.25) is 0 Å². The largest absolute Gasteiger partial charge is 0.486 e. The van der Waals surface area contributed by atoms with Crippen LogP contribution in [-0.2, 0) is 20.9 Å². The maximum atomic E-state index is 13.3. The zero-order valence-electron chi connectivity index (χ0n) is 22.1. The van der Waals surface area contributed by atoms with Crippen molar-refractivity contribution in [3.8, 4) is 11.5 Å². The topological polar surface area (TPSA) is 68.3 Å². The minimum atomic E-state index is -0.692. The molecule has 0 bridgehead atoms. The van der Waals surface area contributed by atoms with Gasteiger partial charge in [0.15, 0.2) is 12.4 Å². The third-order valence-corrected chi connectivity index (χ3v) is 7.18. The number of benzene rings is 3. The van der Waals surface area contributed by atoms with Crippen molar-refractivity contribution >= 4 is 35.0 Å². The zero-order chi connectivity index (χ0) is 28.5. The monoisotopic (exact) mass is 588 g/mol. The van der Waals surface area contributed by atoms with E-state index in [1.54, 1.807) is 60.7 Å². The number of halogens is 3. The van der Waals surface area contributed by atoms with Crippen LogP contribution in [0.15, 0.2) is 72.8 Å². The molecule has 2 unspecified atom stereocenters. The summed E-state index contributed by atoms with van der Waals surface area (Å²) >= 11 is 11.8. The normalized spacial score (nSPS) is 16.8. The lowest BCUT2D eigenvalue weighted by atomic mass is 10.1. The van der Waals surface area contributed by atoms with Crippen molar-refractivity contribution in [2.45, 2.75) is 25.6 Å². The smallest absolute Gasteiger partial charge is 0.344 e. The predicted molar refractivity (Wildman–Crippen MR) is 151 cm³/mol. The van der Waals surface area contributed by atoms with Gasteiger partial charge in [-0.3, -0.25) is 14.6 Å². The first-order valence-electron chi connectivity index (χ1n) is 12.9. The minimum Gasteiger partial charge on any atom is -0.486 e. The number of nitrogens with zero attached hydrogens (tertiary/aromatic N) is 2. The van der Waals surface area contributed by atoms with Crippen LogP contribution in [0.4, 0.5) is 4.39 Å². The summed E-state index contributed by atoms with van der Waals surface area (Å²) in [6.07, 6.45) is 0. The maximum absolute atomic E-state index is 13.3. The first kappa shape index (κ1) is 29.8. The molecule has 0 aromatic heterocycles. The molecule has 0 radical (unpaired) electrons. The number of ether oxygens (including phenoxy) is 3. The molecule has 1 saturated heterocycles. The van der Waals surface area contributed by atoms with Crippen LogP contribution in [0.1, 0.15) is 12.5 Å². The van der Waals surface area contributed by atoms with Gasteiger partial charge in [-0.1, -0.05) is 35.3 Å². The van der Waals surface area contributed by atoms with Gasteiger partial charge in [-0.2, -0.15) is 0 Å². The van der Waals surface area contributed by atoms with Crippen LogP contribution in [-0.4, -0.2) is 73.1 Å². The molecule has 0 N–H and O–H groups in total. The fourth-order valence-electron chi connectivity index (χ4n) is 4.44. The molecule has 0 amide bonds. The second-order valence-electron chi connectivity index (χ2n) is 9.59. The van der Waals surface area contributed by atoms with Gasteiger partial charge in [0.05, 0.1) is 0 Å². The molecular weight excluding hydrogens is 558 g/mol. The summed E-state index contributed by atoms with van der Waals surface area (Å²) in [5, 5.41) is 1.13. The number of piperazine rings is 1. The van der Waals surface area contributed by atoms with Crippen LogP contribution in [0.25, 0.3) is 0 Å². The van der Waals surface area contributed by atoms with Crippen LogP contribution >= 0.6 is 23.2 Å². The Bertz CT molecular complexity index is 1260. The second kappa shape index (κ2) is 14.5. The van der Waals surface area contributed by atoms with E-state index >= 15 is 0 Å². The van der Waals surface area contributed by atoms with E-state index in [4.69, 9.17) is 37.4 Å². The summed E-state index contributed by atoms with van der Waals surface area (Å²) in [4.78, 5) is 30.1. The molecule has 212 valence electrons. The van der Waals surface area contributed by atoms with E-state index < -0.39 is 12.0 Å². The number of esters is 1. The van der Waals surface area contributed by atoms with Crippen molar-refractivity contribution in [1.82, 2.24) is 9.80 Å². The third-order valence-electron chi connectivity index (χ3n) is 6.68. The predicted octanol–water partition coefficient (Wildman–Crippen LogP) is 5.28. The zero-order valence-corrected chi connectivity index (χ0v) is 23.6. The van der Waals surface area contributed by atoms with Crippen LogP contribution in [0.2, 0.25) is 10.0 Å². The average molecular weight is 589 g/mol. The van der Waals surface area contributed by atoms with E-state index in [2.05, 4.69) is 11.8 Å². The number of rotatable bonds is 12. The molecule has 0 saturated carbocycles. The molecule has 0 aliphatic carbocycles. The van der Waals surface area contributed by atoms with Crippen molar-refractivity contribution in [2.75, 3.05) is 39.5 Å². The Morgan fingerprint density at radius 1 is 0.875 bits per heavy atom. The Morgan fingerprint density at radius 2 is 1.45 bits per heavy atom. The van der Waals surface area contributed by atoms with E-state index in [9.17, 15) is 14.0 Å². The summed E-state index contributed by atoms with van der Waals surface area (Å²) in [6, 6.07) is 19.3. The van der Waals surface area contributed by atoms with Gasteiger partial charge in [-0.25, -0.2) is 9.18 Å². The van der Waals surface area contributed by atoms with Crippen LogP contribution in [0.5, 0.6) is 11.5 Å². The molecule has 0 spiro atoms. The standard InChI is InChI=1S/C30H31Cl2FN2O5/c1-21-16-35(15-14-34(21)17-22-2-8-25(33)9-3-22)28(29(36)19-38-26-10-4-23(31)5-11-26)18-40-30(37)20-39-27-12-6-24(32)7-13-27/h2-13,21,28H,14-20H2,1H3. The van der Waals surface area contributed by atoms with Gasteiger partial charge in [0, 0.05) is 42.3 Å². The van der Waals surface area contributed by atoms with E-state index in [0.29, 0.717) is 47.7 Å². The SMILES string of the molecule is CC1CN(C(COC(=O)COc2ccc(Cl)cc2)C(=O)COc2ccc(Cl)cc2)CCN1Cc1ccc(F)cc1. The summed E-state index contributed by atoms with van der Waals surface area (Å²) in [7, 11) is 0. The van der Waals surface area contributed by atoms with Gasteiger partial charge in [-0.05, 0) is 73.2 Å². The van der Waals surface area contributed by atoms with Crippen LogP contribution in [0, 0.1) is 5.82 Å². The highest BCUT2D eigenvalue weighted by molar-refractivity contribution is 6.30. The first-order chi connectivity index (χ1) is 19.3. The Labute approximate surface area is 243 Å². The van der Waals surface area contributed by atoms with E-state index in [1.807, 2.05) is 4.90 Å². The lowest BCUT2D eigenvalue weighted by molar-refractivity contribution is -0.150. The number of carbonyl (C=O) groups excluding carboxylic acids is 2. The number of hydrogen-bond donors (Lipinski definition) is 0. The van der Waals surface area contributed by atoms with Crippen molar-refractivity contribution < 1.29 is 28.2 Å². The number of hydrogen-bond acceptors (Lipinski definition) is 7. The fraction of sp³-hybridized carbons (Fsp3) is 0.333. The molecule has 1 aliphatic rings. The number of carbonyl (C=O) groups is 2. The molecule has 10 heteroatoms. The van der Waals surface area contributed by atoms with Crippen LogP contribution in [0.3, 0.4) is 0 Å². The summed E-state index contributed by atoms with van der Waals surface area (Å²) in [6.45, 7) is 3.99. The van der Waals surface area contributed by atoms with Gasteiger partial charge in [0.1, 0.15) is 36.6 Å². The lowest BCUT2D eigenvalue weighted by Crippen LogP contribution is -2.58. The molecule has 2 atom stereocenters. The van der Waals surface area contributed by atoms with Gasteiger partial charge in [0.25, 0.3) is 0 Å². The number of ketones is 1. The Hall–Kier alpha value is -3.17. The first-order valence-corrected chi connectivity index (χ1v) is 13.7. The molecule has 1 fully saturated rings.